The van der Waals surface area contributed by atoms with Crippen molar-refractivity contribution >= 4 is 40.8 Å². The summed E-state index contributed by atoms with van der Waals surface area (Å²) in [5, 5.41) is 5.58. The lowest BCUT2D eigenvalue weighted by Gasteiger charge is -2.32. The lowest BCUT2D eigenvalue weighted by molar-refractivity contribution is -0.136. The van der Waals surface area contributed by atoms with E-state index in [0.29, 0.717) is 36.7 Å². The Labute approximate surface area is 192 Å². The lowest BCUT2D eigenvalue weighted by atomic mass is 9.96. The van der Waals surface area contributed by atoms with Crippen molar-refractivity contribution in [3.8, 4) is 0 Å². The van der Waals surface area contributed by atoms with Gasteiger partial charge in [0, 0.05) is 31.6 Å². The number of pyridine rings is 1. The standard InChI is InChI=1S/C24H27N5O4/c1-16-6-4-10-20(25-16)27-24(33)17-7-5-13-28(14-17)22(31)11-12-23(32)29-15-21(30)26-18-8-2-3-9-19(18)29/h2-4,6,8-10,17H,5,7,11-15H2,1H3,(H,26,30)(H,25,27,33). The Balaban J connectivity index is 1.32. The van der Waals surface area contributed by atoms with E-state index >= 15 is 0 Å². The van der Waals surface area contributed by atoms with Gasteiger partial charge >= 0.3 is 0 Å². The summed E-state index contributed by atoms with van der Waals surface area (Å²) in [6, 6.07) is 12.5. The van der Waals surface area contributed by atoms with Crippen LogP contribution in [0.3, 0.4) is 0 Å². The van der Waals surface area contributed by atoms with E-state index in [9.17, 15) is 19.2 Å². The van der Waals surface area contributed by atoms with Crippen LogP contribution >= 0.6 is 0 Å². The molecule has 4 amide bonds. The fourth-order valence-electron chi connectivity index (χ4n) is 4.22. The van der Waals surface area contributed by atoms with Crippen molar-refractivity contribution in [2.75, 3.05) is 35.2 Å². The fraction of sp³-hybridized carbons (Fsp3) is 0.375. The number of hydrogen-bond acceptors (Lipinski definition) is 5. The van der Waals surface area contributed by atoms with Crippen LogP contribution in [0, 0.1) is 12.8 Å². The first-order chi connectivity index (χ1) is 15.9. The third-order valence-corrected chi connectivity index (χ3v) is 5.91. The van der Waals surface area contributed by atoms with E-state index in [1.807, 2.05) is 19.1 Å². The number of carbonyl (C=O) groups excluding carboxylic acids is 4. The van der Waals surface area contributed by atoms with Crippen molar-refractivity contribution in [3.63, 3.8) is 0 Å². The van der Waals surface area contributed by atoms with E-state index in [1.54, 1.807) is 35.2 Å². The number of likely N-dealkylation sites (tertiary alicyclic amines) is 1. The second-order valence-electron chi connectivity index (χ2n) is 8.38. The minimum Gasteiger partial charge on any atom is -0.342 e. The first-order valence-corrected chi connectivity index (χ1v) is 11.1. The Hall–Kier alpha value is -3.75. The van der Waals surface area contributed by atoms with E-state index in [0.717, 1.165) is 12.1 Å². The predicted octanol–water partition coefficient (Wildman–Crippen LogP) is 2.33. The number of anilines is 3. The molecular weight excluding hydrogens is 422 g/mol. The second kappa shape index (κ2) is 9.81. The van der Waals surface area contributed by atoms with Crippen LogP contribution in [0.4, 0.5) is 17.2 Å². The highest BCUT2D eigenvalue weighted by Crippen LogP contribution is 2.29. The third kappa shape index (κ3) is 5.36. The smallest absolute Gasteiger partial charge is 0.244 e. The molecule has 4 rings (SSSR count). The first kappa shape index (κ1) is 22.4. The Morgan fingerprint density at radius 2 is 1.88 bits per heavy atom. The van der Waals surface area contributed by atoms with Crippen LogP contribution in [0.5, 0.6) is 0 Å². The number of piperidine rings is 1. The molecule has 0 saturated carbocycles. The van der Waals surface area contributed by atoms with Gasteiger partial charge in [-0.1, -0.05) is 18.2 Å². The molecule has 1 atom stereocenters. The van der Waals surface area contributed by atoms with Crippen LogP contribution in [-0.2, 0) is 19.2 Å². The number of benzene rings is 1. The Kier molecular flexibility index (Phi) is 6.67. The van der Waals surface area contributed by atoms with Gasteiger partial charge < -0.3 is 20.4 Å². The van der Waals surface area contributed by atoms with Crippen molar-refractivity contribution in [1.29, 1.82) is 0 Å². The average molecular weight is 450 g/mol. The van der Waals surface area contributed by atoms with Gasteiger partial charge in [-0.15, -0.1) is 0 Å². The van der Waals surface area contributed by atoms with Gasteiger partial charge in [0.1, 0.15) is 12.4 Å². The lowest BCUT2D eigenvalue weighted by Crippen LogP contribution is -2.45. The van der Waals surface area contributed by atoms with Gasteiger partial charge in [0.15, 0.2) is 0 Å². The number of nitrogens with zero attached hydrogens (tertiary/aromatic N) is 3. The quantitative estimate of drug-likeness (QED) is 0.728. The Bertz CT molecular complexity index is 1090. The fourth-order valence-corrected chi connectivity index (χ4v) is 4.22. The molecule has 0 spiro atoms. The molecule has 1 unspecified atom stereocenters. The van der Waals surface area contributed by atoms with Crippen molar-refractivity contribution in [2.24, 2.45) is 5.92 Å². The molecule has 0 radical (unpaired) electrons. The maximum Gasteiger partial charge on any atom is 0.244 e. The van der Waals surface area contributed by atoms with Gasteiger partial charge in [0.25, 0.3) is 0 Å². The van der Waals surface area contributed by atoms with Crippen LogP contribution in [0.15, 0.2) is 42.5 Å². The molecule has 1 aromatic heterocycles. The highest BCUT2D eigenvalue weighted by atomic mass is 16.2. The van der Waals surface area contributed by atoms with Crippen molar-refractivity contribution in [3.05, 3.63) is 48.2 Å². The average Bonchev–Trinajstić information content (AvgIpc) is 2.81. The zero-order valence-electron chi connectivity index (χ0n) is 18.5. The van der Waals surface area contributed by atoms with Gasteiger partial charge in [-0.05, 0) is 44.0 Å². The monoisotopic (exact) mass is 449 g/mol. The minimum absolute atomic E-state index is 0.00101. The zero-order chi connectivity index (χ0) is 23.4. The summed E-state index contributed by atoms with van der Waals surface area (Å²) in [4.78, 5) is 57.6. The van der Waals surface area contributed by atoms with Crippen molar-refractivity contribution < 1.29 is 19.2 Å². The van der Waals surface area contributed by atoms with Gasteiger partial charge in [0.2, 0.25) is 23.6 Å². The zero-order valence-corrected chi connectivity index (χ0v) is 18.5. The molecule has 9 heteroatoms. The summed E-state index contributed by atoms with van der Waals surface area (Å²) in [6.07, 6.45) is 1.45. The number of nitrogens with one attached hydrogen (secondary N) is 2. The summed E-state index contributed by atoms with van der Waals surface area (Å²) in [7, 11) is 0. The molecule has 1 aromatic carbocycles. The van der Waals surface area contributed by atoms with E-state index < -0.39 is 0 Å². The van der Waals surface area contributed by atoms with Crippen molar-refractivity contribution in [1.82, 2.24) is 9.88 Å². The molecular formula is C24H27N5O4. The number of hydrogen-bond donors (Lipinski definition) is 2. The normalized spacial score (nSPS) is 17.7. The van der Waals surface area contributed by atoms with Crippen LogP contribution in [0.1, 0.15) is 31.4 Å². The highest BCUT2D eigenvalue weighted by Gasteiger charge is 2.30. The summed E-state index contributed by atoms with van der Waals surface area (Å²) >= 11 is 0. The Morgan fingerprint density at radius 1 is 1.09 bits per heavy atom. The van der Waals surface area contributed by atoms with Crippen LogP contribution in [-0.4, -0.2) is 53.1 Å². The predicted molar refractivity (Wildman–Crippen MR) is 124 cm³/mol. The van der Waals surface area contributed by atoms with E-state index in [1.165, 1.54) is 4.90 Å². The molecule has 1 fully saturated rings. The van der Waals surface area contributed by atoms with Gasteiger partial charge in [-0.3, -0.25) is 19.2 Å². The molecule has 33 heavy (non-hydrogen) atoms. The second-order valence-corrected chi connectivity index (χ2v) is 8.38. The Morgan fingerprint density at radius 3 is 2.70 bits per heavy atom. The third-order valence-electron chi connectivity index (χ3n) is 5.91. The molecule has 3 heterocycles. The van der Waals surface area contributed by atoms with Crippen LogP contribution < -0.4 is 15.5 Å². The van der Waals surface area contributed by atoms with Crippen LogP contribution in [0.2, 0.25) is 0 Å². The SMILES string of the molecule is Cc1cccc(NC(=O)C2CCCN(C(=O)CCC(=O)N3CC(=O)Nc4ccccc43)C2)n1. The number of carbonyl (C=O) groups is 4. The number of aromatic nitrogens is 1. The number of fused-ring (bicyclic) bond motifs is 1. The number of amides is 4. The van der Waals surface area contributed by atoms with Crippen LogP contribution in [0.25, 0.3) is 0 Å². The molecule has 0 aliphatic carbocycles. The number of para-hydroxylation sites is 2. The summed E-state index contributed by atoms with van der Waals surface area (Å²) in [5.74, 6) is -0.677. The number of aryl methyl sites for hydroxylation is 1. The summed E-state index contributed by atoms with van der Waals surface area (Å²) in [6.45, 7) is 2.67. The van der Waals surface area contributed by atoms with Gasteiger partial charge in [0.05, 0.1) is 17.3 Å². The molecule has 2 aromatic rings. The molecule has 2 N–H and O–H groups in total. The van der Waals surface area contributed by atoms with Gasteiger partial charge in [-0.25, -0.2) is 4.98 Å². The maximum atomic E-state index is 12.8. The molecule has 0 bridgehead atoms. The van der Waals surface area contributed by atoms with E-state index in [4.69, 9.17) is 0 Å². The molecule has 2 aliphatic heterocycles. The summed E-state index contributed by atoms with van der Waals surface area (Å²) < 4.78 is 0. The molecule has 172 valence electrons. The van der Waals surface area contributed by atoms with E-state index in [-0.39, 0.29) is 48.9 Å². The first-order valence-electron chi connectivity index (χ1n) is 11.1. The van der Waals surface area contributed by atoms with E-state index in [2.05, 4.69) is 15.6 Å². The maximum absolute atomic E-state index is 12.8. The summed E-state index contributed by atoms with van der Waals surface area (Å²) in [5.41, 5.74) is 2.03. The largest absolute Gasteiger partial charge is 0.342 e. The topological polar surface area (TPSA) is 112 Å². The highest BCUT2D eigenvalue weighted by molar-refractivity contribution is 6.10. The molecule has 1 saturated heterocycles. The minimum atomic E-state index is -0.321. The molecule has 2 aliphatic rings. The van der Waals surface area contributed by atoms with Gasteiger partial charge in [-0.2, -0.15) is 0 Å². The number of rotatable bonds is 5. The van der Waals surface area contributed by atoms with Crippen molar-refractivity contribution in [2.45, 2.75) is 32.6 Å². The molecule has 9 nitrogen and oxygen atoms in total.